The highest BCUT2D eigenvalue weighted by atomic mass is 35.5. The fraction of sp³-hybridized carbons (Fsp3) is 0.633. The second kappa shape index (κ2) is 11.9. The fourth-order valence-corrected chi connectivity index (χ4v) is 6.31. The average molecular weight is 514 g/mol. The zero-order valence-corrected chi connectivity index (χ0v) is 22.7. The van der Waals surface area contributed by atoms with Crippen LogP contribution in [-0.2, 0) is 16.0 Å². The summed E-state index contributed by atoms with van der Waals surface area (Å²) in [5.41, 5.74) is 3.89. The number of nitrogens with zero attached hydrogens (tertiary/aromatic N) is 1. The molecule has 2 fully saturated rings. The van der Waals surface area contributed by atoms with Gasteiger partial charge in [0.15, 0.2) is 0 Å². The first-order valence-corrected chi connectivity index (χ1v) is 14.1. The Labute approximate surface area is 220 Å². The third-order valence-corrected chi connectivity index (χ3v) is 8.31. The van der Waals surface area contributed by atoms with Gasteiger partial charge in [-0.05, 0) is 93.2 Å². The number of aromatic nitrogens is 1. The quantitative estimate of drug-likeness (QED) is 0.311. The molecule has 0 unspecified atom stereocenters. The van der Waals surface area contributed by atoms with Crippen molar-refractivity contribution in [3.8, 4) is 0 Å². The number of aliphatic carboxylic acids is 1. The van der Waals surface area contributed by atoms with Crippen molar-refractivity contribution in [2.45, 2.75) is 109 Å². The van der Waals surface area contributed by atoms with Crippen LogP contribution in [0.15, 0.2) is 22.7 Å². The van der Waals surface area contributed by atoms with E-state index in [2.05, 4.69) is 19.0 Å². The summed E-state index contributed by atoms with van der Waals surface area (Å²) in [5.74, 6) is 2.31. The minimum Gasteiger partial charge on any atom is -0.481 e. The number of carboxylic acid groups (broad SMARTS) is 1. The Morgan fingerprint density at radius 2 is 1.81 bits per heavy atom. The van der Waals surface area contributed by atoms with Crippen LogP contribution in [0.5, 0.6) is 0 Å². The number of hydrogen-bond acceptors (Lipinski definition) is 4. The van der Waals surface area contributed by atoms with Crippen LogP contribution in [0.4, 0.5) is 0 Å². The third kappa shape index (κ3) is 7.00. The number of aryl methyl sites for hydroxylation is 1. The Bertz CT molecular complexity index is 1060. The average Bonchev–Trinajstić information content (AvgIpc) is 3.56. The highest BCUT2D eigenvalue weighted by Gasteiger charge is 2.38. The van der Waals surface area contributed by atoms with Gasteiger partial charge in [-0.3, -0.25) is 9.59 Å². The van der Waals surface area contributed by atoms with Crippen LogP contribution in [-0.4, -0.2) is 22.0 Å². The first kappa shape index (κ1) is 26.9. The van der Waals surface area contributed by atoms with Crippen LogP contribution in [0.3, 0.4) is 0 Å². The maximum absolute atomic E-state index is 13.1. The smallest absolute Gasteiger partial charge is 0.303 e. The minimum atomic E-state index is -0.853. The van der Waals surface area contributed by atoms with Crippen LogP contribution in [0, 0.1) is 18.8 Å². The topological polar surface area (TPSA) is 80.4 Å². The zero-order chi connectivity index (χ0) is 25.8. The summed E-state index contributed by atoms with van der Waals surface area (Å²) in [6.45, 7) is 6.56. The summed E-state index contributed by atoms with van der Waals surface area (Å²) in [6.07, 6.45) is 9.09. The molecule has 4 rings (SSSR count). The van der Waals surface area contributed by atoms with Gasteiger partial charge in [0.1, 0.15) is 11.5 Å². The van der Waals surface area contributed by atoms with Gasteiger partial charge in [0.05, 0.1) is 5.69 Å². The number of carbonyl (C=O) groups excluding carboxylic acids is 1. The Kier molecular flexibility index (Phi) is 8.92. The highest BCUT2D eigenvalue weighted by Crippen LogP contribution is 2.50. The summed E-state index contributed by atoms with van der Waals surface area (Å²) in [4.78, 5) is 24.6. The first-order valence-electron chi connectivity index (χ1n) is 13.7. The van der Waals surface area contributed by atoms with E-state index in [1.54, 1.807) is 0 Å². The van der Waals surface area contributed by atoms with Gasteiger partial charge in [-0.25, -0.2) is 0 Å². The number of Topliss-reactive ketones (excluding diaryl/α,β-unsaturated/α-hetero) is 1. The van der Waals surface area contributed by atoms with Gasteiger partial charge in [0.25, 0.3) is 0 Å². The predicted octanol–water partition coefficient (Wildman–Crippen LogP) is 7.98. The molecule has 1 heterocycles. The molecule has 1 aromatic heterocycles. The lowest BCUT2D eigenvalue weighted by atomic mass is 9.76. The zero-order valence-electron chi connectivity index (χ0n) is 21.9. The summed E-state index contributed by atoms with van der Waals surface area (Å²) < 4.78 is 6.04. The summed E-state index contributed by atoms with van der Waals surface area (Å²) >= 11 is 6.37. The molecule has 36 heavy (non-hydrogen) atoms. The van der Waals surface area contributed by atoms with E-state index >= 15 is 0 Å². The van der Waals surface area contributed by atoms with Gasteiger partial charge in [-0.15, -0.1) is 0 Å². The van der Waals surface area contributed by atoms with E-state index in [0.29, 0.717) is 23.3 Å². The lowest BCUT2D eigenvalue weighted by Crippen LogP contribution is -2.16. The van der Waals surface area contributed by atoms with Gasteiger partial charge in [-0.1, -0.05) is 42.7 Å². The van der Waals surface area contributed by atoms with Gasteiger partial charge in [0, 0.05) is 41.7 Å². The van der Waals surface area contributed by atoms with Crippen molar-refractivity contribution in [3.63, 3.8) is 0 Å². The molecule has 5 nitrogen and oxygen atoms in total. The molecular weight excluding hydrogens is 474 g/mol. The van der Waals surface area contributed by atoms with E-state index in [1.807, 2.05) is 25.1 Å². The number of hydrogen-bond donors (Lipinski definition) is 1. The van der Waals surface area contributed by atoms with Gasteiger partial charge < -0.3 is 9.63 Å². The molecule has 1 N–H and O–H groups in total. The molecule has 2 aliphatic rings. The molecule has 196 valence electrons. The van der Waals surface area contributed by atoms with Crippen molar-refractivity contribution < 1.29 is 19.2 Å². The van der Waals surface area contributed by atoms with Gasteiger partial charge in [-0.2, -0.15) is 0 Å². The molecule has 1 atom stereocenters. The monoisotopic (exact) mass is 513 g/mol. The number of carboxylic acids is 1. The molecule has 6 heteroatoms. The largest absolute Gasteiger partial charge is 0.481 e. The summed E-state index contributed by atoms with van der Waals surface area (Å²) in [6, 6.07) is 5.74. The number of halogens is 1. The molecule has 0 amide bonds. The normalized spacial score (nSPS) is 21.0. The van der Waals surface area contributed by atoms with Crippen LogP contribution >= 0.6 is 11.6 Å². The maximum atomic E-state index is 13.1. The van der Waals surface area contributed by atoms with Crippen molar-refractivity contribution >= 4 is 23.4 Å². The van der Waals surface area contributed by atoms with Crippen molar-refractivity contribution in [2.75, 3.05) is 0 Å². The van der Waals surface area contributed by atoms with Gasteiger partial charge >= 0.3 is 5.97 Å². The molecule has 1 aromatic carbocycles. The van der Waals surface area contributed by atoms with E-state index in [4.69, 9.17) is 16.1 Å². The molecule has 0 aliphatic heterocycles. The van der Waals surface area contributed by atoms with Crippen molar-refractivity contribution in [2.24, 2.45) is 11.8 Å². The SMILES string of the molecule is Cc1ccc(CC(=O)C[C@@H](CCC(=O)O)c2noc(C3CCC(CC(C)C)CC3)c2C2CC2)c(Cl)c1. The Balaban J connectivity index is 1.52. The van der Waals surface area contributed by atoms with Crippen LogP contribution in [0.25, 0.3) is 0 Å². The number of benzene rings is 1. The van der Waals surface area contributed by atoms with Crippen LogP contribution < -0.4 is 0 Å². The van der Waals surface area contributed by atoms with Crippen molar-refractivity contribution in [3.05, 3.63) is 51.4 Å². The Hall–Kier alpha value is -2.14. The predicted molar refractivity (Wildman–Crippen MR) is 142 cm³/mol. The number of ketones is 1. The van der Waals surface area contributed by atoms with E-state index in [9.17, 15) is 14.7 Å². The van der Waals surface area contributed by atoms with E-state index in [1.165, 1.54) is 24.8 Å². The van der Waals surface area contributed by atoms with Crippen molar-refractivity contribution in [1.82, 2.24) is 5.16 Å². The van der Waals surface area contributed by atoms with Gasteiger partial charge in [0.2, 0.25) is 0 Å². The second-order valence-corrected chi connectivity index (χ2v) is 12.0. The molecule has 0 bridgehead atoms. The molecule has 0 saturated heterocycles. The summed E-state index contributed by atoms with van der Waals surface area (Å²) in [7, 11) is 0. The molecule has 2 aliphatic carbocycles. The Morgan fingerprint density at radius 3 is 2.42 bits per heavy atom. The van der Waals surface area contributed by atoms with E-state index in [0.717, 1.165) is 60.1 Å². The maximum Gasteiger partial charge on any atom is 0.303 e. The minimum absolute atomic E-state index is 0.00977. The number of rotatable bonds is 12. The first-order chi connectivity index (χ1) is 17.2. The lowest BCUT2D eigenvalue weighted by Gasteiger charge is -2.28. The molecule has 0 spiro atoms. The van der Waals surface area contributed by atoms with Crippen LogP contribution in [0.2, 0.25) is 5.02 Å². The molecular formula is C30H40ClNO4. The molecule has 0 radical (unpaired) electrons. The van der Waals surface area contributed by atoms with Crippen molar-refractivity contribution in [1.29, 1.82) is 0 Å². The molecule has 2 aromatic rings. The summed E-state index contributed by atoms with van der Waals surface area (Å²) in [5, 5.41) is 14.5. The third-order valence-electron chi connectivity index (χ3n) is 7.96. The van der Waals surface area contributed by atoms with E-state index in [-0.39, 0.29) is 31.0 Å². The fourth-order valence-electron chi connectivity index (χ4n) is 6.01. The number of carbonyl (C=O) groups is 2. The Morgan fingerprint density at radius 1 is 1.11 bits per heavy atom. The standard InChI is InChI=1S/C30H40ClNO4/c1-18(2)14-20-5-8-22(9-6-20)30-28(21-10-11-21)29(32-36-30)24(12-13-27(34)35)17-25(33)16-23-7-4-19(3)15-26(23)31/h4,7,15,18,20-22,24H,5-6,8-14,16-17H2,1-3H3,(H,34,35)/t20?,22?,24-/m1/s1. The lowest BCUT2D eigenvalue weighted by molar-refractivity contribution is -0.137. The van der Waals surface area contributed by atoms with Crippen LogP contribution in [0.1, 0.15) is 124 Å². The molecule has 2 saturated carbocycles. The highest BCUT2D eigenvalue weighted by molar-refractivity contribution is 6.31. The second-order valence-electron chi connectivity index (χ2n) is 11.6. The van der Waals surface area contributed by atoms with E-state index < -0.39 is 5.97 Å².